The molecule has 2 amide bonds. The molecule has 0 fully saturated rings. The molecule has 0 aliphatic rings. The number of methoxy groups -OCH3 is 1. The third-order valence-corrected chi connectivity index (χ3v) is 2.83. The molecule has 0 saturated heterocycles. The summed E-state index contributed by atoms with van der Waals surface area (Å²) in [6.07, 6.45) is 2.58. The number of ether oxygens (including phenoxy) is 1. The van der Waals surface area contributed by atoms with E-state index in [1.807, 2.05) is 0 Å². The van der Waals surface area contributed by atoms with Crippen molar-refractivity contribution in [3.05, 3.63) is 24.2 Å². The Morgan fingerprint density at radius 2 is 2.14 bits per heavy atom. The number of aliphatic carboxylic acids is 1. The van der Waals surface area contributed by atoms with E-state index in [4.69, 9.17) is 14.3 Å². The van der Waals surface area contributed by atoms with E-state index in [1.54, 1.807) is 0 Å². The van der Waals surface area contributed by atoms with Gasteiger partial charge in [-0.25, -0.2) is 4.79 Å². The predicted molar refractivity (Wildman–Crippen MR) is 71.7 cm³/mol. The van der Waals surface area contributed by atoms with Crippen molar-refractivity contribution in [2.45, 2.75) is 25.4 Å². The van der Waals surface area contributed by atoms with Crippen LogP contribution in [0.3, 0.4) is 0 Å². The number of hydrogen-bond acceptors (Lipinski definition) is 5. The minimum Gasteiger partial charge on any atom is -0.479 e. The Hall–Kier alpha value is -2.35. The number of carbonyl (C=O) groups excluding carboxylic acids is 2. The first-order valence-electron chi connectivity index (χ1n) is 6.17. The summed E-state index contributed by atoms with van der Waals surface area (Å²) in [6, 6.07) is 0.537. The summed E-state index contributed by atoms with van der Waals surface area (Å²) in [7, 11) is 1.33. The van der Waals surface area contributed by atoms with Crippen molar-refractivity contribution in [1.29, 1.82) is 0 Å². The van der Waals surface area contributed by atoms with Gasteiger partial charge in [-0.1, -0.05) is 0 Å². The molecule has 1 aromatic heterocycles. The van der Waals surface area contributed by atoms with Gasteiger partial charge in [-0.2, -0.15) is 0 Å². The van der Waals surface area contributed by atoms with Gasteiger partial charge in [-0.15, -0.1) is 0 Å². The highest BCUT2D eigenvalue weighted by Gasteiger charge is 2.36. The van der Waals surface area contributed by atoms with Crippen LogP contribution < -0.4 is 10.6 Å². The molecule has 1 aromatic rings. The van der Waals surface area contributed by atoms with Gasteiger partial charge >= 0.3 is 5.97 Å². The van der Waals surface area contributed by atoms with Crippen LogP contribution in [-0.2, 0) is 14.3 Å². The lowest BCUT2D eigenvalue weighted by molar-refractivity contribution is -0.149. The maximum atomic E-state index is 12.0. The molecule has 21 heavy (non-hydrogen) atoms. The second kappa shape index (κ2) is 6.89. The molecule has 0 aliphatic carbocycles. The Labute approximate surface area is 121 Å². The van der Waals surface area contributed by atoms with Crippen LogP contribution in [0.4, 0.5) is 0 Å². The average molecular weight is 298 g/mol. The van der Waals surface area contributed by atoms with Crippen LogP contribution in [0, 0.1) is 0 Å². The third-order valence-electron chi connectivity index (χ3n) is 2.83. The second-order valence-corrected chi connectivity index (χ2v) is 4.77. The van der Waals surface area contributed by atoms with Gasteiger partial charge in [-0.05, 0) is 19.9 Å². The fourth-order valence-electron chi connectivity index (χ4n) is 1.56. The van der Waals surface area contributed by atoms with Crippen LogP contribution >= 0.6 is 0 Å². The molecule has 8 nitrogen and oxygen atoms in total. The van der Waals surface area contributed by atoms with Gasteiger partial charge in [0.15, 0.2) is 5.54 Å². The van der Waals surface area contributed by atoms with E-state index in [0.29, 0.717) is 0 Å². The zero-order chi connectivity index (χ0) is 16.0. The van der Waals surface area contributed by atoms with E-state index in [1.165, 1.54) is 39.5 Å². The topological polar surface area (TPSA) is 118 Å². The Morgan fingerprint density at radius 1 is 1.48 bits per heavy atom. The van der Waals surface area contributed by atoms with Crippen molar-refractivity contribution >= 4 is 17.8 Å². The van der Waals surface area contributed by atoms with Gasteiger partial charge in [0, 0.05) is 7.11 Å². The molecule has 0 aromatic carbocycles. The first-order valence-corrected chi connectivity index (χ1v) is 6.17. The van der Waals surface area contributed by atoms with Gasteiger partial charge in [0.1, 0.15) is 12.3 Å². The molecule has 116 valence electrons. The van der Waals surface area contributed by atoms with Gasteiger partial charge in [0.05, 0.1) is 18.4 Å². The highest BCUT2D eigenvalue weighted by Crippen LogP contribution is 2.06. The summed E-state index contributed by atoms with van der Waals surface area (Å²) in [5.41, 5.74) is -1.30. The Bertz CT molecular complexity index is 513. The van der Waals surface area contributed by atoms with Gasteiger partial charge in [0.25, 0.3) is 5.91 Å². The van der Waals surface area contributed by atoms with E-state index >= 15 is 0 Å². The van der Waals surface area contributed by atoms with E-state index in [0.717, 1.165) is 0 Å². The number of carboxylic acid groups (broad SMARTS) is 1. The smallest absolute Gasteiger partial charge is 0.331 e. The molecule has 3 N–H and O–H groups in total. The van der Waals surface area contributed by atoms with Crippen molar-refractivity contribution in [2.75, 3.05) is 13.7 Å². The number of rotatable bonds is 7. The number of amides is 2. The highest BCUT2D eigenvalue weighted by molar-refractivity contribution is 5.98. The highest BCUT2D eigenvalue weighted by atomic mass is 16.5. The molecule has 0 saturated carbocycles. The van der Waals surface area contributed by atoms with Gasteiger partial charge in [-0.3, -0.25) is 9.59 Å². The van der Waals surface area contributed by atoms with Crippen LogP contribution in [0.15, 0.2) is 23.0 Å². The van der Waals surface area contributed by atoms with Crippen LogP contribution in [-0.4, -0.2) is 48.2 Å². The van der Waals surface area contributed by atoms with Crippen molar-refractivity contribution in [3.63, 3.8) is 0 Å². The molecule has 0 aliphatic heterocycles. The van der Waals surface area contributed by atoms with Crippen molar-refractivity contribution in [2.24, 2.45) is 0 Å². The van der Waals surface area contributed by atoms with Crippen LogP contribution in [0.2, 0.25) is 0 Å². The van der Waals surface area contributed by atoms with Crippen molar-refractivity contribution < 1.29 is 28.6 Å². The SMILES string of the molecule is COCC(C)(NC(=O)C(C)NC(=O)c1ccoc1)C(=O)O. The zero-order valence-corrected chi connectivity index (χ0v) is 12.0. The number of nitrogens with one attached hydrogen (secondary N) is 2. The fourth-order valence-corrected chi connectivity index (χ4v) is 1.56. The second-order valence-electron chi connectivity index (χ2n) is 4.77. The third kappa shape index (κ3) is 4.32. The normalized spacial score (nSPS) is 14.8. The summed E-state index contributed by atoms with van der Waals surface area (Å²) in [6.45, 7) is 2.57. The largest absolute Gasteiger partial charge is 0.479 e. The maximum Gasteiger partial charge on any atom is 0.331 e. The quantitative estimate of drug-likeness (QED) is 0.652. The number of hydrogen-bond donors (Lipinski definition) is 3. The van der Waals surface area contributed by atoms with Gasteiger partial charge < -0.3 is 24.9 Å². The average Bonchev–Trinajstić information content (AvgIpc) is 2.92. The lowest BCUT2D eigenvalue weighted by Crippen LogP contribution is -2.59. The lowest BCUT2D eigenvalue weighted by Gasteiger charge is -2.27. The molecular formula is C13H18N2O6. The molecule has 2 atom stereocenters. The van der Waals surface area contributed by atoms with Gasteiger partial charge in [0.2, 0.25) is 5.91 Å². The maximum absolute atomic E-state index is 12.0. The molecule has 0 radical (unpaired) electrons. The van der Waals surface area contributed by atoms with E-state index in [-0.39, 0.29) is 12.2 Å². The fraction of sp³-hybridized carbons (Fsp3) is 0.462. The van der Waals surface area contributed by atoms with Crippen LogP contribution in [0.25, 0.3) is 0 Å². The molecule has 2 unspecified atom stereocenters. The number of furan rings is 1. The Kier molecular flexibility index (Phi) is 5.48. The summed E-state index contributed by atoms with van der Waals surface area (Å²) < 4.78 is 9.56. The molecule has 0 spiro atoms. The first kappa shape index (κ1) is 16.7. The minimum absolute atomic E-state index is 0.198. The monoisotopic (exact) mass is 298 g/mol. The summed E-state index contributed by atoms with van der Waals surface area (Å²) in [5.74, 6) is -2.35. The summed E-state index contributed by atoms with van der Waals surface area (Å²) in [5, 5.41) is 13.9. The number of carboxylic acids is 1. The van der Waals surface area contributed by atoms with E-state index in [9.17, 15) is 14.4 Å². The lowest BCUT2D eigenvalue weighted by atomic mass is 10.0. The zero-order valence-electron chi connectivity index (χ0n) is 12.0. The molecule has 0 bridgehead atoms. The molecule has 1 rings (SSSR count). The van der Waals surface area contributed by atoms with E-state index < -0.39 is 29.4 Å². The van der Waals surface area contributed by atoms with Crippen molar-refractivity contribution in [3.8, 4) is 0 Å². The summed E-state index contributed by atoms with van der Waals surface area (Å²) >= 11 is 0. The minimum atomic E-state index is -1.57. The molecule has 8 heteroatoms. The Morgan fingerprint density at radius 3 is 2.62 bits per heavy atom. The summed E-state index contributed by atoms with van der Waals surface area (Å²) in [4.78, 5) is 34.9. The van der Waals surface area contributed by atoms with E-state index in [2.05, 4.69) is 10.6 Å². The standard InChI is InChI=1S/C13H18N2O6/c1-8(14-11(17)9-4-5-21-6-9)10(16)15-13(2,7-20-3)12(18)19/h4-6,8H,7H2,1-3H3,(H,14,17)(H,15,16)(H,18,19). The molecular weight excluding hydrogens is 280 g/mol. The van der Waals surface area contributed by atoms with Crippen LogP contribution in [0.1, 0.15) is 24.2 Å². The Balaban J connectivity index is 2.65. The van der Waals surface area contributed by atoms with Crippen LogP contribution in [0.5, 0.6) is 0 Å². The number of carbonyl (C=O) groups is 3. The van der Waals surface area contributed by atoms with Crippen molar-refractivity contribution in [1.82, 2.24) is 10.6 Å². The predicted octanol–water partition coefficient (Wildman–Crippen LogP) is 0.00380. The molecule has 1 heterocycles. The first-order chi connectivity index (χ1) is 9.80.